The molecule has 0 heterocycles. The van der Waals surface area contributed by atoms with Crippen LogP contribution < -0.4 is 0 Å². The van der Waals surface area contributed by atoms with Gasteiger partial charge in [0.1, 0.15) is 0 Å². The molecule has 1 nitrogen and oxygen atoms in total. The molecule has 152 valence electrons. The summed E-state index contributed by atoms with van der Waals surface area (Å²) in [4.78, 5) is 0. The molecule has 0 aromatic heterocycles. The van der Waals surface area contributed by atoms with E-state index in [9.17, 15) is 5.11 Å². The van der Waals surface area contributed by atoms with Crippen LogP contribution in [0.4, 0.5) is 0 Å². The first kappa shape index (κ1) is 25.0. The Balaban J connectivity index is 4.47. The minimum Gasteiger partial charge on any atom is -0.393 e. The fourth-order valence-corrected chi connectivity index (χ4v) is 4.47. The van der Waals surface area contributed by atoms with Gasteiger partial charge in [-0.3, -0.25) is 0 Å². The molecule has 25 heavy (non-hydrogen) atoms. The Morgan fingerprint density at radius 2 is 0.960 bits per heavy atom. The minimum atomic E-state index is -0.0799. The Bertz CT molecular complexity index is 245. The van der Waals surface area contributed by atoms with E-state index in [0.29, 0.717) is 0 Å². The summed E-state index contributed by atoms with van der Waals surface area (Å²) < 4.78 is 0. The fourth-order valence-electron chi connectivity index (χ4n) is 4.47. The molecule has 0 aromatic rings. The van der Waals surface area contributed by atoms with E-state index < -0.39 is 0 Å². The molecule has 0 amide bonds. The largest absolute Gasteiger partial charge is 0.393 e. The second kappa shape index (κ2) is 17.4. The van der Waals surface area contributed by atoms with Crippen LogP contribution in [0.3, 0.4) is 0 Å². The molecule has 0 saturated heterocycles. The number of hydrogen-bond donors (Lipinski definition) is 1. The van der Waals surface area contributed by atoms with E-state index in [0.717, 1.165) is 12.8 Å². The molecule has 0 radical (unpaired) electrons. The molecule has 1 heteroatoms. The van der Waals surface area contributed by atoms with Gasteiger partial charge >= 0.3 is 0 Å². The van der Waals surface area contributed by atoms with E-state index in [-0.39, 0.29) is 11.5 Å². The Morgan fingerprint density at radius 3 is 1.36 bits per heavy atom. The standard InChI is InChI=1S/C24H50O/c1-5-9-11-13-15-17-21-24(20-8-4,23(25)19-7-3)22-18-16-14-12-10-6-2/h23,25H,5-22H2,1-4H3. The molecule has 0 spiro atoms. The van der Waals surface area contributed by atoms with E-state index >= 15 is 0 Å². The molecular formula is C24H50O. The third kappa shape index (κ3) is 12.1. The smallest absolute Gasteiger partial charge is 0.0596 e. The molecule has 0 rings (SSSR count). The zero-order chi connectivity index (χ0) is 18.8. The van der Waals surface area contributed by atoms with Crippen molar-refractivity contribution in [2.24, 2.45) is 5.41 Å². The Kier molecular flexibility index (Phi) is 17.3. The van der Waals surface area contributed by atoms with Crippen LogP contribution >= 0.6 is 0 Å². The molecule has 0 fully saturated rings. The fraction of sp³-hybridized carbons (Fsp3) is 1.00. The van der Waals surface area contributed by atoms with Gasteiger partial charge < -0.3 is 5.11 Å². The average Bonchev–Trinajstić information content (AvgIpc) is 2.61. The lowest BCUT2D eigenvalue weighted by molar-refractivity contribution is -0.00655. The highest BCUT2D eigenvalue weighted by Gasteiger charge is 2.35. The van der Waals surface area contributed by atoms with E-state index in [1.165, 1.54) is 103 Å². The topological polar surface area (TPSA) is 20.2 Å². The monoisotopic (exact) mass is 354 g/mol. The maximum Gasteiger partial charge on any atom is 0.0596 e. The van der Waals surface area contributed by atoms with Crippen molar-refractivity contribution in [1.29, 1.82) is 0 Å². The summed E-state index contributed by atoms with van der Waals surface area (Å²) in [7, 11) is 0. The van der Waals surface area contributed by atoms with Crippen molar-refractivity contribution in [1.82, 2.24) is 0 Å². The maximum absolute atomic E-state index is 11.0. The van der Waals surface area contributed by atoms with Crippen molar-refractivity contribution in [2.45, 2.75) is 149 Å². The van der Waals surface area contributed by atoms with Crippen LogP contribution in [0.2, 0.25) is 0 Å². The first-order chi connectivity index (χ1) is 12.2. The molecule has 0 aliphatic rings. The lowest BCUT2D eigenvalue weighted by atomic mass is 9.69. The Morgan fingerprint density at radius 1 is 0.520 bits per heavy atom. The van der Waals surface area contributed by atoms with Gasteiger partial charge in [0.25, 0.3) is 0 Å². The molecular weight excluding hydrogens is 304 g/mol. The van der Waals surface area contributed by atoms with Crippen LogP contribution in [0, 0.1) is 5.41 Å². The molecule has 0 aromatic carbocycles. The maximum atomic E-state index is 11.0. The van der Waals surface area contributed by atoms with Crippen LogP contribution in [0.1, 0.15) is 143 Å². The Hall–Kier alpha value is -0.0400. The lowest BCUT2D eigenvalue weighted by Crippen LogP contribution is -2.35. The molecule has 0 aliphatic heterocycles. The zero-order valence-corrected chi connectivity index (χ0v) is 18.3. The summed E-state index contributed by atoms with van der Waals surface area (Å²) in [6.45, 7) is 9.09. The van der Waals surface area contributed by atoms with Crippen molar-refractivity contribution in [3.05, 3.63) is 0 Å². The van der Waals surface area contributed by atoms with E-state index in [4.69, 9.17) is 0 Å². The zero-order valence-electron chi connectivity index (χ0n) is 18.3. The van der Waals surface area contributed by atoms with Crippen molar-refractivity contribution < 1.29 is 5.11 Å². The van der Waals surface area contributed by atoms with Crippen LogP contribution in [0.25, 0.3) is 0 Å². The van der Waals surface area contributed by atoms with Crippen LogP contribution in [-0.2, 0) is 0 Å². The van der Waals surface area contributed by atoms with Gasteiger partial charge in [-0.05, 0) is 31.1 Å². The summed E-state index contributed by atoms with van der Waals surface area (Å²) in [6, 6.07) is 0. The van der Waals surface area contributed by atoms with Gasteiger partial charge in [0.05, 0.1) is 6.10 Å². The summed E-state index contributed by atoms with van der Waals surface area (Å²) in [5.74, 6) is 0. The van der Waals surface area contributed by atoms with E-state index in [1.807, 2.05) is 0 Å². The summed E-state index contributed by atoms with van der Waals surface area (Å²) in [6.07, 6.45) is 23.3. The molecule has 1 unspecified atom stereocenters. The van der Waals surface area contributed by atoms with E-state index in [2.05, 4.69) is 27.7 Å². The van der Waals surface area contributed by atoms with Gasteiger partial charge in [-0.2, -0.15) is 0 Å². The Labute approximate surface area is 160 Å². The third-order valence-corrected chi connectivity index (χ3v) is 6.07. The van der Waals surface area contributed by atoms with Crippen LogP contribution in [-0.4, -0.2) is 11.2 Å². The molecule has 0 aliphatic carbocycles. The number of aliphatic hydroxyl groups excluding tert-OH is 1. The highest BCUT2D eigenvalue weighted by molar-refractivity contribution is 4.86. The highest BCUT2D eigenvalue weighted by atomic mass is 16.3. The minimum absolute atomic E-state index is 0.0799. The van der Waals surface area contributed by atoms with Gasteiger partial charge in [-0.1, -0.05) is 118 Å². The van der Waals surface area contributed by atoms with E-state index in [1.54, 1.807) is 0 Å². The normalized spacial score (nSPS) is 13.3. The van der Waals surface area contributed by atoms with Crippen molar-refractivity contribution in [3.63, 3.8) is 0 Å². The van der Waals surface area contributed by atoms with Crippen molar-refractivity contribution in [3.8, 4) is 0 Å². The highest BCUT2D eigenvalue weighted by Crippen LogP contribution is 2.41. The van der Waals surface area contributed by atoms with Crippen LogP contribution in [0.5, 0.6) is 0 Å². The van der Waals surface area contributed by atoms with Gasteiger partial charge in [-0.15, -0.1) is 0 Å². The first-order valence-electron chi connectivity index (χ1n) is 11.8. The quantitative estimate of drug-likeness (QED) is 0.231. The molecule has 0 saturated carbocycles. The van der Waals surface area contributed by atoms with Gasteiger partial charge in [0.15, 0.2) is 0 Å². The third-order valence-electron chi connectivity index (χ3n) is 6.07. The van der Waals surface area contributed by atoms with Crippen molar-refractivity contribution >= 4 is 0 Å². The predicted molar refractivity (Wildman–Crippen MR) is 114 cm³/mol. The van der Waals surface area contributed by atoms with Crippen molar-refractivity contribution in [2.75, 3.05) is 0 Å². The molecule has 1 N–H and O–H groups in total. The molecule has 1 atom stereocenters. The van der Waals surface area contributed by atoms with Gasteiger partial charge in [0, 0.05) is 0 Å². The predicted octanol–water partition coefficient (Wildman–Crippen LogP) is 8.44. The first-order valence-corrected chi connectivity index (χ1v) is 11.8. The summed E-state index contributed by atoms with van der Waals surface area (Å²) >= 11 is 0. The van der Waals surface area contributed by atoms with Gasteiger partial charge in [0.2, 0.25) is 0 Å². The number of unbranched alkanes of at least 4 members (excludes halogenated alkanes) is 10. The molecule has 0 bridgehead atoms. The van der Waals surface area contributed by atoms with Gasteiger partial charge in [-0.25, -0.2) is 0 Å². The number of rotatable bonds is 19. The average molecular weight is 355 g/mol. The number of hydrogen-bond acceptors (Lipinski definition) is 1. The second-order valence-electron chi connectivity index (χ2n) is 8.45. The summed E-state index contributed by atoms with van der Waals surface area (Å²) in [5.41, 5.74) is 0.209. The second-order valence-corrected chi connectivity index (χ2v) is 8.45. The number of aliphatic hydroxyl groups is 1. The SMILES string of the molecule is CCCCCCCCC(CCC)(CCCCCCCC)C(O)CCC. The lowest BCUT2D eigenvalue weighted by Gasteiger charge is -2.39. The van der Waals surface area contributed by atoms with Crippen LogP contribution in [0.15, 0.2) is 0 Å². The summed E-state index contributed by atoms with van der Waals surface area (Å²) in [5, 5.41) is 11.0.